The normalized spacial score (nSPS) is 11.7. The maximum absolute atomic E-state index is 11.7. The van der Waals surface area contributed by atoms with Crippen LogP contribution in [0.4, 0.5) is 0 Å². The van der Waals surface area contributed by atoms with Crippen molar-refractivity contribution in [2.75, 3.05) is 19.7 Å². The average Bonchev–Trinajstić information content (AvgIpc) is 2.92. The van der Waals surface area contributed by atoms with Crippen LogP contribution >= 0.6 is 0 Å². The van der Waals surface area contributed by atoms with Gasteiger partial charge in [-0.3, -0.25) is 9.59 Å². The van der Waals surface area contributed by atoms with Crippen LogP contribution in [-0.4, -0.2) is 46.9 Å². The summed E-state index contributed by atoms with van der Waals surface area (Å²) in [5.41, 5.74) is 8.51. The van der Waals surface area contributed by atoms with Crippen molar-refractivity contribution in [3.05, 3.63) is 88.5 Å². The standard InChI is InChI=1S/C30H36N2O7/c1-20(34)39-29-22(6-4-7-26(29)30(31)37)5-2-3-16-38-25-11-8-21(9-12-25)14-15-32-18-28(36)23-10-13-27(35)24(17-23)19-33/h4,6-13,17,28,32-33,35-36H,2-3,5,14-16,18-19H2,1H3,(H2,31,37)/t28-/m0/s1. The fourth-order valence-electron chi connectivity index (χ4n) is 4.13. The Hall–Kier alpha value is -3.92. The molecule has 0 saturated carbocycles. The number of hydrogen-bond donors (Lipinski definition) is 5. The molecule has 0 heterocycles. The number of nitrogens with one attached hydrogen (secondary N) is 1. The van der Waals surface area contributed by atoms with Crippen molar-refractivity contribution in [3.63, 3.8) is 0 Å². The van der Waals surface area contributed by atoms with Gasteiger partial charge >= 0.3 is 5.97 Å². The highest BCUT2D eigenvalue weighted by Crippen LogP contribution is 2.26. The minimum atomic E-state index is -0.743. The summed E-state index contributed by atoms with van der Waals surface area (Å²) in [5.74, 6) is -0.133. The first kappa shape index (κ1) is 29.6. The third kappa shape index (κ3) is 9.10. The first-order chi connectivity index (χ1) is 18.8. The zero-order valence-electron chi connectivity index (χ0n) is 22.1. The van der Waals surface area contributed by atoms with Crippen LogP contribution in [0, 0.1) is 0 Å². The summed E-state index contributed by atoms with van der Waals surface area (Å²) in [4.78, 5) is 23.1. The number of nitrogens with two attached hydrogens (primary N) is 1. The van der Waals surface area contributed by atoms with Crippen molar-refractivity contribution in [1.82, 2.24) is 5.32 Å². The SMILES string of the molecule is CC(=O)Oc1c(CCCCOc2ccc(CCNC[C@H](O)c3ccc(O)c(CO)c3)cc2)cccc1C(N)=O. The number of amides is 1. The van der Waals surface area contributed by atoms with Crippen LogP contribution in [0.5, 0.6) is 17.2 Å². The third-order valence-electron chi connectivity index (χ3n) is 6.23. The lowest BCUT2D eigenvalue weighted by Crippen LogP contribution is -2.23. The highest BCUT2D eigenvalue weighted by Gasteiger charge is 2.16. The number of para-hydroxylation sites is 1. The third-order valence-corrected chi connectivity index (χ3v) is 6.23. The second kappa shape index (κ2) is 14.9. The van der Waals surface area contributed by atoms with Gasteiger partial charge in [0.05, 0.1) is 24.9 Å². The van der Waals surface area contributed by atoms with Crippen molar-refractivity contribution in [3.8, 4) is 17.2 Å². The van der Waals surface area contributed by atoms with Gasteiger partial charge < -0.3 is 35.8 Å². The Bertz CT molecular complexity index is 1240. The summed E-state index contributed by atoms with van der Waals surface area (Å²) in [6.45, 7) is 2.55. The number of carbonyl (C=O) groups is 2. The molecule has 9 nitrogen and oxygen atoms in total. The lowest BCUT2D eigenvalue weighted by atomic mass is 10.0. The molecule has 3 rings (SSSR count). The van der Waals surface area contributed by atoms with E-state index >= 15 is 0 Å². The molecule has 6 N–H and O–H groups in total. The molecule has 39 heavy (non-hydrogen) atoms. The maximum Gasteiger partial charge on any atom is 0.308 e. The van der Waals surface area contributed by atoms with Gasteiger partial charge in [-0.1, -0.05) is 30.3 Å². The Morgan fingerprint density at radius 2 is 1.77 bits per heavy atom. The fourth-order valence-corrected chi connectivity index (χ4v) is 4.13. The maximum atomic E-state index is 11.7. The Morgan fingerprint density at radius 1 is 1.00 bits per heavy atom. The molecule has 9 heteroatoms. The van der Waals surface area contributed by atoms with E-state index in [0.29, 0.717) is 37.2 Å². The molecule has 0 aliphatic carbocycles. The summed E-state index contributed by atoms with van der Waals surface area (Å²) >= 11 is 0. The number of carbonyl (C=O) groups excluding carboxylic acids is 2. The predicted molar refractivity (Wildman–Crippen MR) is 147 cm³/mol. The molecule has 0 unspecified atom stereocenters. The van der Waals surface area contributed by atoms with E-state index in [2.05, 4.69) is 5.32 Å². The molecule has 208 valence electrons. The molecule has 3 aromatic rings. The van der Waals surface area contributed by atoms with E-state index in [1.807, 2.05) is 30.3 Å². The van der Waals surface area contributed by atoms with E-state index in [-0.39, 0.29) is 23.7 Å². The van der Waals surface area contributed by atoms with Crippen LogP contribution in [0.3, 0.4) is 0 Å². The predicted octanol–water partition coefficient (Wildman–Crippen LogP) is 3.18. The number of aromatic hydroxyl groups is 1. The van der Waals surface area contributed by atoms with Gasteiger partial charge in [0, 0.05) is 19.0 Å². The number of phenols is 1. The van der Waals surface area contributed by atoms with Gasteiger partial charge in [0.2, 0.25) is 0 Å². The lowest BCUT2D eigenvalue weighted by molar-refractivity contribution is -0.131. The van der Waals surface area contributed by atoms with E-state index in [1.165, 1.54) is 13.0 Å². The monoisotopic (exact) mass is 536 g/mol. The number of ether oxygens (including phenoxy) is 2. The smallest absolute Gasteiger partial charge is 0.308 e. The van der Waals surface area contributed by atoms with E-state index in [9.17, 15) is 24.9 Å². The summed E-state index contributed by atoms with van der Waals surface area (Å²) in [6.07, 6.45) is 2.20. The molecule has 0 aliphatic rings. The number of primary amides is 1. The van der Waals surface area contributed by atoms with Gasteiger partial charge in [-0.2, -0.15) is 0 Å². The quantitative estimate of drug-likeness (QED) is 0.113. The van der Waals surface area contributed by atoms with Crippen molar-refractivity contribution in [2.45, 2.75) is 45.3 Å². The molecule has 1 atom stereocenters. The topological polar surface area (TPSA) is 151 Å². The van der Waals surface area contributed by atoms with Crippen LogP contribution in [0.2, 0.25) is 0 Å². The highest BCUT2D eigenvalue weighted by molar-refractivity contribution is 5.96. The van der Waals surface area contributed by atoms with Crippen molar-refractivity contribution < 1.29 is 34.4 Å². The second-order valence-corrected chi connectivity index (χ2v) is 9.22. The molecule has 1 amide bonds. The largest absolute Gasteiger partial charge is 0.508 e. The van der Waals surface area contributed by atoms with Crippen molar-refractivity contribution in [2.24, 2.45) is 5.73 Å². The zero-order valence-corrected chi connectivity index (χ0v) is 22.1. The number of unbranched alkanes of at least 4 members (excludes halogenated alkanes) is 1. The molecule has 0 aliphatic heterocycles. The first-order valence-electron chi connectivity index (χ1n) is 12.9. The summed E-state index contributed by atoms with van der Waals surface area (Å²) in [7, 11) is 0. The van der Waals surface area contributed by atoms with Gasteiger partial charge in [0.15, 0.2) is 0 Å². The Morgan fingerprint density at radius 3 is 2.46 bits per heavy atom. The van der Waals surface area contributed by atoms with Gasteiger partial charge in [-0.05, 0) is 79.3 Å². The van der Waals surface area contributed by atoms with E-state index < -0.39 is 18.0 Å². The van der Waals surface area contributed by atoms with Crippen molar-refractivity contribution >= 4 is 11.9 Å². The number of esters is 1. The van der Waals surface area contributed by atoms with E-state index in [0.717, 1.165) is 36.1 Å². The molecule has 0 aromatic heterocycles. The Labute approximate surface area is 228 Å². The van der Waals surface area contributed by atoms with Gasteiger partial charge in [0.1, 0.15) is 17.2 Å². The minimum absolute atomic E-state index is 0.0102. The van der Waals surface area contributed by atoms with E-state index in [4.69, 9.17) is 15.2 Å². The molecular weight excluding hydrogens is 500 g/mol. The summed E-state index contributed by atoms with van der Waals surface area (Å²) in [6, 6.07) is 17.6. The zero-order chi connectivity index (χ0) is 28.2. The molecule has 0 spiro atoms. The number of rotatable bonds is 15. The van der Waals surface area contributed by atoms with Crippen LogP contribution in [-0.2, 0) is 24.2 Å². The first-order valence-corrected chi connectivity index (χ1v) is 12.9. The van der Waals surface area contributed by atoms with Gasteiger partial charge in [-0.25, -0.2) is 0 Å². The average molecular weight is 537 g/mol. The lowest BCUT2D eigenvalue weighted by Gasteiger charge is -2.14. The fraction of sp³-hybridized carbons (Fsp3) is 0.333. The Kier molecular flexibility index (Phi) is 11.3. The van der Waals surface area contributed by atoms with Gasteiger partial charge in [-0.15, -0.1) is 0 Å². The van der Waals surface area contributed by atoms with Crippen LogP contribution in [0.25, 0.3) is 0 Å². The van der Waals surface area contributed by atoms with Crippen LogP contribution < -0.4 is 20.5 Å². The molecule has 0 fully saturated rings. The van der Waals surface area contributed by atoms with E-state index in [1.54, 1.807) is 24.3 Å². The van der Waals surface area contributed by atoms with Crippen molar-refractivity contribution in [1.29, 1.82) is 0 Å². The summed E-state index contributed by atoms with van der Waals surface area (Å²) in [5, 5.41) is 32.5. The Balaban J connectivity index is 1.37. The number of aryl methyl sites for hydroxylation is 1. The van der Waals surface area contributed by atoms with Crippen LogP contribution in [0.1, 0.15) is 58.5 Å². The number of aliphatic hydroxyl groups excluding tert-OH is 2. The minimum Gasteiger partial charge on any atom is -0.508 e. The number of aliphatic hydroxyl groups is 2. The highest BCUT2D eigenvalue weighted by atomic mass is 16.5. The summed E-state index contributed by atoms with van der Waals surface area (Å²) < 4.78 is 11.1. The van der Waals surface area contributed by atoms with Crippen LogP contribution in [0.15, 0.2) is 60.7 Å². The molecule has 0 bridgehead atoms. The molecule has 3 aromatic carbocycles. The number of benzene rings is 3. The molecule has 0 saturated heterocycles. The molecular formula is C30H36N2O7. The second-order valence-electron chi connectivity index (χ2n) is 9.22. The van der Waals surface area contributed by atoms with Gasteiger partial charge in [0.25, 0.3) is 5.91 Å². The number of hydrogen-bond acceptors (Lipinski definition) is 8. The molecule has 0 radical (unpaired) electrons.